The number of methoxy groups -OCH3 is 1. The van der Waals surface area contributed by atoms with Gasteiger partial charge in [-0.15, -0.1) is 11.3 Å². The molecular formula is C13H14O4S. The van der Waals surface area contributed by atoms with Gasteiger partial charge in [-0.05, 0) is 31.4 Å². The van der Waals surface area contributed by atoms with E-state index in [-0.39, 0.29) is 6.10 Å². The Morgan fingerprint density at radius 2 is 2.00 bits per heavy atom. The van der Waals surface area contributed by atoms with Crippen molar-refractivity contribution < 1.29 is 19.4 Å². The smallest absolute Gasteiger partial charge is 0.345 e. The van der Waals surface area contributed by atoms with Crippen LogP contribution in [-0.4, -0.2) is 24.3 Å². The highest BCUT2D eigenvalue weighted by Gasteiger charge is 2.13. The average molecular weight is 266 g/mol. The first-order chi connectivity index (χ1) is 8.51. The minimum Gasteiger partial charge on any atom is -0.493 e. The van der Waals surface area contributed by atoms with Crippen LogP contribution in [-0.2, 0) is 0 Å². The van der Waals surface area contributed by atoms with Crippen LogP contribution < -0.4 is 9.47 Å². The second-order valence-corrected chi connectivity index (χ2v) is 5.21. The van der Waals surface area contributed by atoms with Crippen molar-refractivity contribution in [1.29, 1.82) is 0 Å². The number of hydrogen-bond acceptors (Lipinski definition) is 4. The Morgan fingerprint density at radius 1 is 1.28 bits per heavy atom. The molecular weight excluding hydrogens is 252 g/mol. The van der Waals surface area contributed by atoms with Crippen molar-refractivity contribution in [2.75, 3.05) is 7.11 Å². The molecule has 1 aromatic carbocycles. The average Bonchev–Trinajstić information content (AvgIpc) is 2.70. The molecule has 2 rings (SSSR count). The summed E-state index contributed by atoms with van der Waals surface area (Å²) >= 11 is 1.23. The predicted octanol–water partition coefficient (Wildman–Crippen LogP) is 3.40. The molecule has 96 valence electrons. The van der Waals surface area contributed by atoms with Crippen LogP contribution in [0.4, 0.5) is 0 Å². The van der Waals surface area contributed by atoms with E-state index in [0.717, 1.165) is 10.1 Å². The van der Waals surface area contributed by atoms with E-state index in [1.165, 1.54) is 11.3 Å². The fourth-order valence-corrected chi connectivity index (χ4v) is 2.57. The second-order valence-electron chi connectivity index (χ2n) is 4.12. The van der Waals surface area contributed by atoms with Gasteiger partial charge in [0.25, 0.3) is 0 Å². The van der Waals surface area contributed by atoms with E-state index < -0.39 is 5.97 Å². The van der Waals surface area contributed by atoms with Crippen LogP contribution in [0.1, 0.15) is 23.5 Å². The van der Waals surface area contributed by atoms with E-state index in [1.54, 1.807) is 13.2 Å². The number of carboxylic acids is 1. The van der Waals surface area contributed by atoms with Crippen LogP contribution in [0.25, 0.3) is 10.1 Å². The third-order valence-electron chi connectivity index (χ3n) is 2.38. The quantitative estimate of drug-likeness (QED) is 0.921. The maximum Gasteiger partial charge on any atom is 0.345 e. The lowest BCUT2D eigenvalue weighted by Crippen LogP contribution is -2.06. The molecule has 0 aliphatic rings. The Balaban J connectivity index is 2.54. The molecule has 0 saturated carbocycles. The highest BCUT2D eigenvalue weighted by atomic mass is 32.1. The van der Waals surface area contributed by atoms with E-state index in [9.17, 15) is 4.79 Å². The summed E-state index contributed by atoms with van der Waals surface area (Å²) in [5, 5.41) is 9.83. The zero-order valence-electron chi connectivity index (χ0n) is 10.4. The van der Waals surface area contributed by atoms with Gasteiger partial charge in [-0.3, -0.25) is 0 Å². The minimum absolute atomic E-state index is 0.0360. The van der Waals surface area contributed by atoms with E-state index in [2.05, 4.69) is 0 Å². The maximum absolute atomic E-state index is 10.9. The molecule has 0 saturated heterocycles. The van der Waals surface area contributed by atoms with E-state index in [1.807, 2.05) is 26.0 Å². The highest BCUT2D eigenvalue weighted by Crippen LogP contribution is 2.37. The summed E-state index contributed by atoms with van der Waals surface area (Å²) in [6, 6.07) is 5.27. The van der Waals surface area contributed by atoms with Crippen LogP contribution in [0.3, 0.4) is 0 Å². The van der Waals surface area contributed by atoms with Gasteiger partial charge < -0.3 is 14.6 Å². The van der Waals surface area contributed by atoms with Crippen molar-refractivity contribution in [3.8, 4) is 11.5 Å². The lowest BCUT2D eigenvalue weighted by molar-refractivity contribution is 0.0702. The van der Waals surface area contributed by atoms with Crippen LogP contribution in [0.15, 0.2) is 18.2 Å². The van der Waals surface area contributed by atoms with Gasteiger partial charge in [0.1, 0.15) is 4.88 Å². The number of ether oxygens (including phenoxy) is 2. The van der Waals surface area contributed by atoms with Crippen molar-refractivity contribution in [3.05, 3.63) is 23.1 Å². The van der Waals surface area contributed by atoms with Crippen molar-refractivity contribution in [2.24, 2.45) is 0 Å². The number of carbonyl (C=O) groups is 1. The Labute approximate surface area is 109 Å². The summed E-state index contributed by atoms with van der Waals surface area (Å²) in [4.78, 5) is 11.2. The number of benzene rings is 1. The van der Waals surface area contributed by atoms with E-state index >= 15 is 0 Å². The molecule has 5 heteroatoms. The van der Waals surface area contributed by atoms with Crippen molar-refractivity contribution in [2.45, 2.75) is 20.0 Å². The summed E-state index contributed by atoms with van der Waals surface area (Å²) < 4.78 is 11.8. The van der Waals surface area contributed by atoms with Gasteiger partial charge in [0.05, 0.1) is 13.2 Å². The van der Waals surface area contributed by atoms with Gasteiger partial charge >= 0.3 is 5.97 Å². The van der Waals surface area contributed by atoms with Crippen LogP contribution >= 0.6 is 11.3 Å². The summed E-state index contributed by atoms with van der Waals surface area (Å²) in [7, 11) is 1.57. The first kappa shape index (κ1) is 12.7. The van der Waals surface area contributed by atoms with Gasteiger partial charge in [-0.25, -0.2) is 4.79 Å². The molecule has 1 N–H and O–H groups in total. The molecule has 1 aromatic heterocycles. The van der Waals surface area contributed by atoms with Gasteiger partial charge in [-0.1, -0.05) is 0 Å². The number of aromatic carboxylic acids is 1. The molecule has 2 aromatic rings. The van der Waals surface area contributed by atoms with E-state index in [0.29, 0.717) is 16.4 Å². The molecule has 18 heavy (non-hydrogen) atoms. The minimum atomic E-state index is -0.915. The first-order valence-electron chi connectivity index (χ1n) is 5.52. The third-order valence-corrected chi connectivity index (χ3v) is 3.46. The number of fused-ring (bicyclic) bond motifs is 1. The predicted molar refractivity (Wildman–Crippen MR) is 71.1 cm³/mol. The maximum atomic E-state index is 10.9. The third kappa shape index (κ3) is 2.41. The Hall–Kier alpha value is -1.75. The monoisotopic (exact) mass is 266 g/mol. The van der Waals surface area contributed by atoms with Gasteiger partial charge in [0.2, 0.25) is 0 Å². The zero-order chi connectivity index (χ0) is 13.3. The highest BCUT2D eigenvalue weighted by molar-refractivity contribution is 7.20. The molecule has 0 unspecified atom stereocenters. The Kier molecular flexibility index (Phi) is 3.43. The standard InChI is InChI=1S/C13H14O4S/c1-7(2)17-10-4-8-5-12(13(14)15)18-11(8)6-9(10)16-3/h4-7H,1-3H3,(H,14,15). The van der Waals surface area contributed by atoms with E-state index in [4.69, 9.17) is 14.6 Å². The number of carboxylic acid groups (broad SMARTS) is 1. The molecule has 0 atom stereocenters. The summed E-state index contributed by atoms with van der Waals surface area (Å²) in [5.41, 5.74) is 0. The van der Waals surface area contributed by atoms with Crippen LogP contribution in [0, 0.1) is 0 Å². The normalized spacial score (nSPS) is 10.9. The number of rotatable bonds is 4. The van der Waals surface area contributed by atoms with Gasteiger partial charge in [0.15, 0.2) is 11.5 Å². The lowest BCUT2D eigenvalue weighted by Gasteiger charge is -2.13. The fourth-order valence-electron chi connectivity index (χ4n) is 1.66. The molecule has 0 spiro atoms. The second kappa shape index (κ2) is 4.86. The molecule has 0 aliphatic heterocycles. The topological polar surface area (TPSA) is 55.8 Å². The summed E-state index contributed by atoms with van der Waals surface area (Å²) in [6.45, 7) is 3.86. The Morgan fingerprint density at radius 3 is 2.56 bits per heavy atom. The van der Waals surface area contributed by atoms with Crippen molar-refractivity contribution in [1.82, 2.24) is 0 Å². The lowest BCUT2D eigenvalue weighted by atomic mass is 10.2. The molecule has 0 bridgehead atoms. The molecule has 0 amide bonds. The molecule has 0 aliphatic carbocycles. The summed E-state index contributed by atoms with van der Waals surface area (Å²) in [5.74, 6) is 0.339. The van der Waals surface area contributed by atoms with Gasteiger partial charge in [0, 0.05) is 10.8 Å². The van der Waals surface area contributed by atoms with Crippen LogP contribution in [0.2, 0.25) is 0 Å². The van der Waals surface area contributed by atoms with Crippen molar-refractivity contribution in [3.63, 3.8) is 0 Å². The van der Waals surface area contributed by atoms with Gasteiger partial charge in [-0.2, -0.15) is 0 Å². The van der Waals surface area contributed by atoms with Crippen molar-refractivity contribution >= 4 is 27.4 Å². The number of thiophene rings is 1. The summed E-state index contributed by atoms with van der Waals surface area (Å²) in [6.07, 6.45) is 0.0360. The molecule has 1 heterocycles. The first-order valence-corrected chi connectivity index (χ1v) is 6.34. The largest absolute Gasteiger partial charge is 0.493 e. The zero-order valence-corrected chi connectivity index (χ0v) is 11.2. The fraction of sp³-hybridized carbons (Fsp3) is 0.308. The molecule has 0 fully saturated rings. The number of hydrogen-bond donors (Lipinski definition) is 1. The van der Waals surface area contributed by atoms with Crippen LogP contribution in [0.5, 0.6) is 11.5 Å². The SMILES string of the molecule is COc1cc2sc(C(=O)O)cc2cc1OC(C)C. The molecule has 0 radical (unpaired) electrons. The Bertz CT molecular complexity index is 586. The molecule has 4 nitrogen and oxygen atoms in total.